The smallest absolute Gasteiger partial charge is 0.266 e. The molecule has 0 saturated carbocycles. The first kappa shape index (κ1) is 12.8. The molecule has 96 valence electrons. The summed E-state index contributed by atoms with van der Waals surface area (Å²) in [6.45, 7) is 3.44. The van der Waals surface area contributed by atoms with E-state index in [0.717, 1.165) is 0 Å². The van der Waals surface area contributed by atoms with Crippen molar-refractivity contribution in [1.82, 2.24) is 10.2 Å². The molecule has 0 bridgehead atoms. The molecule has 0 aliphatic heterocycles. The molecule has 0 radical (unpaired) electrons. The lowest BCUT2D eigenvalue weighted by molar-refractivity contribution is 0.601. The number of hydrogen-bond donors (Lipinski definition) is 2. The van der Waals surface area contributed by atoms with Crippen molar-refractivity contribution in [3.8, 4) is 0 Å². The minimum Gasteiger partial charge on any atom is -0.398 e. The van der Waals surface area contributed by atoms with Gasteiger partial charge in [0, 0.05) is 0 Å². The number of nitrogen functional groups attached to an aromatic ring is 1. The van der Waals surface area contributed by atoms with Gasteiger partial charge in [-0.1, -0.05) is 23.5 Å². The number of aryl methyl sites for hydroxylation is 2. The Kier molecular flexibility index (Phi) is 3.22. The number of aromatic nitrogens is 2. The molecule has 6 nitrogen and oxygen atoms in total. The maximum absolute atomic E-state index is 12.2. The summed E-state index contributed by atoms with van der Waals surface area (Å²) in [4.78, 5) is 0.0813. The molecule has 0 unspecified atom stereocenters. The van der Waals surface area contributed by atoms with E-state index in [2.05, 4.69) is 14.9 Å². The molecule has 1 aromatic heterocycles. The van der Waals surface area contributed by atoms with Crippen LogP contribution in [0.5, 0.6) is 0 Å². The van der Waals surface area contributed by atoms with E-state index in [-0.39, 0.29) is 15.7 Å². The molecule has 0 amide bonds. The van der Waals surface area contributed by atoms with Crippen molar-refractivity contribution in [2.75, 3.05) is 10.5 Å². The second-order valence-corrected chi connectivity index (χ2v) is 6.53. The maximum Gasteiger partial charge on any atom is 0.266 e. The van der Waals surface area contributed by atoms with Crippen LogP contribution in [0.2, 0.25) is 0 Å². The van der Waals surface area contributed by atoms with Gasteiger partial charge in [0.05, 0.1) is 5.69 Å². The van der Waals surface area contributed by atoms with Crippen molar-refractivity contribution < 1.29 is 8.42 Å². The van der Waals surface area contributed by atoms with E-state index in [0.29, 0.717) is 10.6 Å². The zero-order valence-electron chi connectivity index (χ0n) is 9.84. The van der Waals surface area contributed by atoms with Crippen molar-refractivity contribution >= 4 is 32.2 Å². The lowest BCUT2D eigenvalue weighted by atomic mass is 10.2. The number of nitrogens with one attached hydrogen (secondary N) is 1. The van der Waals surface area contributed by atoms with Crippen LogP contribution in [0.3, 0.4) is 0 Å². The summed E-state index contributed by atoms with van der Waals surface area (Å²) in [5.74, 6) is 0. The molecule has 1 aromatic carbocycles. The molecule has 0 aliphatic carbocycles. The number of hydrogen-bond acceptors (Lipinski definition) is 6. The first-order valence-corrected chi connectivity index (χ1v) is 7.38. The summed E-state index contributed by atoms with van der Waals surface area (Å²) in [6, 6.07) is 4.95. The average molecular weight is 284 g/mol. The highest BCUT2D eigenvalue weighted by Gasteiger charge is 2.21. The molecule has 0 atom stereocenters. The predicted molar refractivity (Wildman–Crippen MR) is 71.0 cm³/mol. The number of benzene rings is 1. The quantitative estimate of drug-likeness (QED) is 0.833. The largest absolute Gasteiger partial charge is 0.398 e. The predicted octanol–water partition coefficient (Wildman–Crippen LogP) is 1.54. The minimum atomic E-state index is -3.73. The van der Waals surface area contributed by atoms with Crippen LogP contribution in [0.25, 0.3) is 0 Å². The first-order chi connectivity index (χ1) is 8.40. The third-order valence-electron chi connectivity index (χ3n) is 2.26. The summed E-state index contributed by atoms with van der Waals surface area (Å²) >= 11 is 1.17. The molecule has 3 N–H and O–H groups in total. The first-order valence-electron chi connectivity index (χ1n) is 5.08. The highest BCUT2D eigenvalue weighted by Crippen LogP contribution is 2.25. The number of rotatable bonds is 3. The molecular weight excluding hydrogens is 272 g/mol. The second kappa shape index (κ2) is 4.54. The molecule has 1 heterocycles. The fraction of sp³-hybridized carbons (Fsp3) is 0.200. The maximum atomic E-state index is 12.2. The van der Waals surface area contributed by atoms with E-state index in [1.54, 1.807) is 32.0 Å². The molecular formula is C10H12N4O2S2. The van der Waals surface area contributed by atoms with Crippen LogP contribution in [0, 0.1) is 13.8 Å². The monoisotopic (exact) mass is 284 g/mol. The van der Waals surface area contributed by atoms with Crippen molar-refractivity contribution in [2.45, 2.75) is 18.7 Å². The summed E-state index contributed by atoms with van der Waals surface area (Å²) in [5.41, 5.74) is 6.51. The Labute approximate surface area is 109 Å². The fourth-order valence-electron chi connectivity index (χ4n) is 1.55. The van der Waals surface area contributed by atoms with Crippen molar-refractivity contribution in [3.05, 3.63) is 28.8 Å². The Balaban J connectivity index is 2.43. The van der Waals surface area contributed by atoms with Gasteiger partial charge in [0.15, 0.2) is 0 Å². The zero-order chi connectivity index (χ0) is 13.3. The van der Waals surface area contributed by atoms with Crippen LogP contribution in [0.4, 0.5) is 10.8 Å². The van der Waals surface area contributed by atoms with Gasteiger partial charge < -0.3 is 5.73 Å². The van der Waals surface area contributed by atoms with Gasteiger partial charge in [0.2, 0.25) is 5.13 Å². The van der Waals surface area contributed by atoms with Gasteiger partial charge >= 0.3 is 0 Å². The van der Waals surface area contributed by atoms with Gasteiger partial charge in [-0.15, -0.1) is 10.2 Å². The summed E-state index contributed by atoms with van der Waals surface area (Å²) in [5, 5.41) is 8.39. The molecule has 8 heteroatoms. The SMILES string of the molecule is Cc1nnc(NS(=O)(=O)c2c(C)cccc2N)s1. The molecule has 0 fully saturated rings. The van der Waals surface area contributed by atoms with Crippen LogP contribution in [-0.4, -0.2) is 18.6 Å². The van der Waals surface area contributed by atoms with E-state index in [1.165, 1.54) is 11.3 Å². The van der Waals surface area contributed by atoms with Crippen molar-refractivity contribution in [2.24, 2.45) is 0 Å². The Morgan fingerprint density at radius 2 is 2.00 bits per heavy atom. The highest BCUT2D eigenvalue weighted by atomic mass is 32.2. The number of anilines is 2. The molecule has 0 spiro atoms. The Morgan fingerprint density at radius 1 is 1.28 bits per heavy atom. The summed E-state index contributed by atoms with van der Waals surface area (Å²) < 4.78 is 26.8. The van der Waals surface area contributed by atoms with E-state index < -0.39 is 10.0 Å². The number of sulfonamides is 1. The lowest BCUT2D eigenvalue weighted by Crippen LogP contribution is -2.16. The highest BCUT2D eigenvalue weighted by molar-refractivity contribution is 7.93. The van der Waals surface area contributed by atoms with Crippen LogP contribution in [-0.2, 0) is 10.0 Å². The Bertz CT molecular complexity index is 659. The zero-order valence-corrected chi connectivity index (χ0v) is 11.5. The van der Waals surface area contributed by atoms with Gasteiger partial charge in [-0.2, -0.15) is 0 Å². The average Bonchev–Trinajstić information content (AvgIpc) is 2.62. The van der Waals surface area contributed by atoms with Gasteiger partial charge in [-0.3, -0.25) is 4.72 Å². The third-order valence-corrected chi connectivity index (χ3v) is 4.70. The summed E-state index contributed by atoms with van der Waals surface area (Å²) in [6.07, 6.45) is 0. The Hall–Kier alpha value is -1.67. The van der Waals surface area contributed by atoms with Gasteiger partial charge in [-0.25, -0.2) is 8.42 Å². The van der Waals surface area contributed by atoms with Gasteiger partial charge in [-0.05, 0) is 25.5 Å². The van der Waals surface area contributed by atoms with Crippen molar-refractivity contribution in [1.29, 1.82) is 0 Å². The standard InChI is InChI=1S/C10H12N4O2S2/c1-6-4-3-5-8(11)9(6)18(15,16)14-10-13-12-7(2)17-10/h3-5H,11H2,1-2H3,(H,13,14). The van der Waals surface area contributed by atoms with E-state index in [4.69, 9.17) is 5.73 Å². The van der Waals surface area contributed by atoms with E-state index in [1.807, 2.05) is 0 Å². The van der Waals surface area contributed by atoms with Crippen LogP contribution in [0.1, 0.15) is 10.6 Å². The van der Waals surface area contributed by atoms with Crippen molar-refractivity contribution in [3.63, 3.8) is 0 Å². The minimum absolute atomic E-state index is 0.0813. The second-order valence-electron chi connectivity index (χ2n) is 3.72. The third kappa shape index (κ3) is 2.44. The van der Waals surface area contributed by atoms with Gasteiger partial charge in [0.25, 0.3) is 10.0 Å². The normalized spacial score (nSPS) is 11.4. The molecule has 18 heavy (non-hydrogen) atoms. The lowest BCUT2D eigenvalue weighted by Gasteiger charge is -2.10. The van der Waals surface area contributed by atoms with Crippen LogP contribution in [0.15, 0.2) is 23.1 Å². The fourth-order valence-corrected chi connectivity index (χ4v) is 3.73. The topological polar surface area (TPSA) is 98.0 Å². The van der Waals surface area contributed by atoms with Gasteiger partial charge in [0.1, 0.15) is 9.90 Å². The van der Waals surface area contributed by atoms with Crippen LogP contribution >= 0.6 is 11.3 Å². The molecule has 2 aromatic rings. The molecule has 2 rings (SSSR count). The molecule has 0 saturated heterocycles. The van der Waals surface area contributed by atoms with E-state index in [9.17, 15) is 8.42 Å². The van der Waals surface area contributed by atoms with E-state index >= 15 is 0 Å². The van der Waals surface area contributed by atoms with Crippen LogP contribution < -0.4 is 10.5 Å². The number of nitrogens with zero attached hydrogens (tertiary/aromatic N) is 2. The number of nitrogens with two attached hydrogens (primary N) is 1. The molecule has 0 aliphatic rings. The summed E-state index contributed by atoms with van der Waals surface area (Å²) in [7, 11) is -3.73. The Morgan fingerprint density at radius 3 is 2.56 bits per heavy atom.